The molecule has 1 amide bonds. The van der Waals surface area contributed by atoms with E-state index < -0.39 is 4.92 Å². The fourth-order valence-electron chi connectivity index (χ4n) is 3.01. The summed E-state index contributed by atoms with van der Waals surface area (Å²) in [5.41, 5.74) is 2.21. The monoisotopic (exact) mass is 385 g/mol. The molecule has 1 aliphatic rings. The second-order valence-electron chi connectivity index (χ2n) is 6.58. The number of nitro benzene ring substituents is 1. The van der Waals surface area contributed by atoms with E-state index in [4.69, 9.17) is 9.47 Å². The summed E-state index contributed by atoms with van der Waals surface area (Å²) in [5.74, 6) is -0.00274. The molecule has 0 aromatic heterocycles. The highest BCUT2D eigenvalue weighted by molar-refractivity contribution is 5.91. The van der Waals surface area contributed by atoms with Crippen LogP contribution in [0.4, 0.5) is 11.4 Å². The predicted molar refractivity (Wildman–Crippen MR) is 104 cm³/mol. The molecule has 1 aliphatic heterocycles. The number of hydrogen-bond acceptors (Lipinski definition) is 6. The van der Waals surface area contributed by atoms with E-state index in [0.29, 0.717) is 17.0 Å². The third kappa shape index (κ3) is 5.28. The van der Waals surface area contributed by atoms with E-state index in [9.17, 15) is 14.9 Å². The largest absolute Gasteiger partial charge is 0.483 e. The molecule has 1 fully saturated rings. The van der Waals surface area contributed by atoms with Crippen LogP contribution in [0.2, 0.25) is 0 Å². The Morgan fingerprint density at radius 3 is 2.61 bits per heavy atom. The fourth-order valence-corrected chi connectivity index (χ4v) is 3.01. The summed E-state index contributed by atoms with van der Waals surface area (Å²) in [4.78, 5) is 24.9. The molecular weight excluding hydrogens is 362 g/mol. The van der Waals surface area contributed by atoms with E-state index in [-0.39, 0.29) is 18.2 Å². The first-order valence-electron chi connectivity index (χ1n) is 9.08. The number of carbonyl (C=O) groups excluding carboxylic acids is 1. The van der Waals surface area contributed by atoms with E-state index in [0.717, 1.165) is 32.8 Å². The smallest absolute Gasteiger partial charge is 0.276 e. The Bertz CT molecular complexity index is 832. The van der Waals surface area contributed by atoms with Crippen molar-refractivity contribution < 1.29 is 19.2 Å². The summed E-state index contributed by atoms with van der Waals surface area (Å²) in [6.07, 6.45) is 0. The van der Waals surface area contributed by atoms with Crippen LogP contribution in [0.5, 0.6) is 5.75 Å². The molecule has 148 valence electrons. The normalized spacial score (nSPS) is 14.5. The molecule has 0 unspecified atom stereocenters. The maximum Gasteiger partial charge on any atom is 0.276 e. The molecule has 2 aromatic rings. The van der Waals surface area contributed by atoms with Gasteiger partial charge < -0.3 is 14.8 Å². The predicted octanol–water partition coefficient (Wildman–Crippen LogP) is 2.75. The standard InChI is InChI=1S/C20H23N3O5/c1-15-18(23(25)26)3-2-4-19(15)28-14-20(24)21-17-7-5-16(6-8-17)13-22-9-11-27-12-10-22/h2-8H,9-14H2,1H3,(H,21,24). The van der Waals surface area contributed by atoms with E-state index in [2.05, 4.69) is 10.2 Å². The van der Waals surface area contributed by atoms with Gasteiger partial charge in [-0.1, -0.05) is 18.2 Å². The van der Waals surface area contributed by atoms with E-state index in [1.54, 1.807) is 13.0 Å². The highest BCUT2D eigenvalue weighted by Gasteiger charge is 2.15. The molecule has 0 spiro atoms. The maximum atomic E-state index is 12.1. The molecule has 0 saturated carbocycles. The van der Waals surface area contributed by atoms with Crippen LogP contribution in [0.15, 0.2) is 42.5 Å². The Morgan fingerprint density at radius 2 is 1.93 bits per heavy atom. The maximum absolute atomic E-state index is 12.1. The molecule has 0 aliphatic carbocycles. The topological polar surface area (TPSA) is 93.9 Å². The molecule has 3 rings (SSSR count). The lowest BCUT2D eigenvalue weighted by Gasteiger charge is -2.26. The quantitative estimate of drug-likeness (QED) is 0.582. The minimum Gasteiger partial charge on any atom is -0.483 e. The van der Waals surface area contributed by atoms with Crippen molar-refractivity contribution in [3.8, 4) is 5.75 Å². The lowest BCUT2D eigenvalue weighted by Crippen LogP contribution is -2.35. The number of anilines is 1. The van der Waals surface area contributed by atoms with Crippen LogP contribution in [0.25, 0.3) is 0 Å². The molecule has 1 heterocycles. The van der Waals surface area contributed by atoms with Crippen LogP contribution in [-0.2, 0) is 16.1 Å². The van der Waals surface area contributed by atoms with Gasteiger partial charge in [0.2, 0.25) is 0 Å². The minimum atomic E-state index is -0.471. The van der Waals surface area contributed by atoms with E-state index >= 15 is 0 Å². The first-order valence-corrected chi connectivity index (χ1v) is 9.08. The zero-order valence-corrected chi connectivity index (χ0v) is 15.7. The number of rotatable bonds is 7. The number of nitrogens with zero attached hydrogens (tertiary/aromatic N) is 2. The molecule has 0 atom stereocenters. The fraction of sp³-hybridized carbons (Fsp3) is 0.350. The number of nitrogens with one attached hydrogen (secondary N) is 1. The van der Waals surface area contributed by atoms with Crippen LogP contribution in [0.3, 0.4) is 0 Å². The van der Waals surface area contributed by atoms with Crippen molar-refractivity contribution in [2.24, 2.45) is 0 Å². The van der Waals surface area contributed by atoms with Gasteiger partial charge in [-0.15, -0.1) is 0 Å². The lowest BCUT2D eigenvalue weighted by molar-refractivity contribution is -0.385. The molecule has 8 heteroatoms. The number of amides is 1. The van der Waals surface area contributed by atoms with Crippen molar-refractivity contribution in [3.05, 3.63) is 63.7 Å². The van der Waals surface area contributed by atoms with Crippen LogP contribution >= 0.6 is 0 Å². The van der Waals surface area contributed by atoms with Gasteiger partial charge in [0.25, 0.3) is 11.6 Å². The van der Waals surface area contributed by atoms with Crippen LogP contribution < -0.4 is 10.1 Å². The molecule has 1 saturated heterocycles. The summed E-state index contributed by atoms with van der Waals surface area (Å²) < 4.78 is 10.8. The number of carbonyl (C=O) groups is 1. The van der Waals surface area contributed by atoms with Crippen LogP contribution in [0, 0.1) is 17.0 Å². The third-order valence-electron chi connectivity index (χ3n) is 4.56. The van der Waals surface area contributed by atoms with Crippen molar-refractivity contribution in [1.82, 2.24) is 4.90 Å². The highest BCUT2D eigenvalue weighted by atomic mass is 16.6. The molecular formula is C20H23N3O5. The second kappa shape index (κ2) is 9.29. The average molecular weight is 385 g/mol. The number of nitro groups is 1. The number of benzene rings is 2. The minimum absolute atomic E-state index is 0.0336. The van der Waals surface area contributed by atoms with E-state index in [1.165, 1.54) is 17.7 Å². The zero-order chi connectivity index (χ0) is 19.9. The van der Waals surface area contributed by atoms with Gasteiger partial charge in [-0.05, 0) is 30.7 Å². The summed E-state index contributed by atoms with van der Waals surface area (Å²) in [6.45, 7) is 5.60. The number of hydrogen-bond donors (Lipinski definition) is 1. The Labute approximate surface area is 163 Å². The molecule has 28 heavy (non-hydrogen) atoms. The van der Waals surface area contributed by atoms with Crippen LogP contribution in [-0.4, -0.2) is 48.6 Å². The van der Waals surface area contributed by atoms with Gasteiger partial charge in [0.1, 0.15) is 5.75 Å². The molecule has 1 N–H and O–H groups in total. The SMILES string of the molecule is Cc1c(OCC(=O)Nc2ccc(CN3CCOCC3)cc2)cccc1[N+](=O)[O-]. The van der Waals surface area contributed by atoms with E-state index in [1.807, 2.05) is 24.3 Å². The van der Waals surface area contributed by atoms with Gasteiger partial charge in [-0.3, -0.25) is 19.8 Å². The summed E-state index contributed by atoms with van der Waals surface area (Å²) in [7, 11) is 0. The Hall–Kier alpha value is -2.97. The Balaban J connectivity index is 1.51. The van der Waals surface area contributed by atoms with Crippen molar-refractivity contribution >= 4 is 17.3 Å². The second-order valence-corrected chi connectivity index (χ2v) is 6.58. The number of ether oxygens (including phenoxy) is 2. The first kappa shape index (κ1) is 19.8. The van der Waals surface area contributed by atoms with Crippen molar-refractivity contribution in [2.45, 2.75) is 13.5 Å². The molecule has 2 aromatic carbocycles. The lowest BCUT2D eigenvalue weighted by atomic mass is 10.2. The van der Waals surface area contributed by atoms with Gasteiger partial charge in [-0.25, -0.2) is 0 Å². The van der Waals surface area contributed by atoms with Gasteiger partial charge in [0, 0.05) is 31.4 Å². The highest BCUT2D eigenvalue weighted by Crippen LogP contribution is 2.26. The van der Waals surface area contributed by atoms with Crippen molar-refractivity contribution in [1.29, 1.82) is 0 Å². The molecule has 0 radical (unpaired) electrons. The van der Waals surface area contributed by atoms with Crippen LogP contribution in [0.1, 0.15) is 11.1 Å². The number of morpholine rings is 1. The third-order valence-corrected chi connectivity index (χ3v) is 4.56. The summed E-state index contributed by atoms with van der Waals surface area (Å²) in [5, 5.41) is 13.7. The Morgan fingerprint density at radius 1 is 1.21 bits per heavy atom. The van der Waals surface area contributed by atoms with Gasteiger partial charge in [0.05, 0.1) is 23.7 Å². The summed E-state index contributed by atoms with van der Waals surface area (Å²) >= 11 is 0. The molecule has 8 nitrogen and oxygen atoms in total. The van der Waals surface area contributed by atoms with Gasteiger partial charge >= 0.3 is 0 Å². The van der Waals surface area contributed by atoms with Crippen molar-refractivity contribution in [3.63, 3.8) is 0 Å². The zero-order valence-electron chi connectivity index (χ0n) is 15.7. The van der Waals surface area contributed by atoms with Gasteiger partial charge in [0.15, 0.2) is 6.61 Å². The van der Waals surface area contributed by atoms with Gasteiger partial charge in [-0.2, -0.15) is 0 Å². The molecule has 0 bridgehead atoms. The first-order chi connectivity index (χ1) is 13.5. The average Bonchev–Trinajstić information content (AvgIpc) is 2.69. The Kier molecular flexibility index (Phi) is 6.57. The summed E-state index contributed by atoms with van der Waals surface area (Å²) in [6, 6.07) is 12.2. The van der Waals surface area contributed by atoms with Crippen molar-refractivity contribution in [2.75, 3.05) is 38.2 Å².